The van der Waals surface area contributed by atoms with Crippen LogP contribution in [0.25, 0.3) is 0 Å². The molecule has 1 amide bonds. The summed E-state index contributed by atoms with van der Waals surface area (Å²) in [5.74, 6) is -0.0112. The van der Waals surface area contributed by atoms with E-state index in [2.05, 4.69) is 29.3 Å². The molecular formula is C22H28N2O2. The Labute approximate surface area is 155 Å². The summed E-state index contributed by atoms with van der Waals surface area (Å²) in [6.07, 6.45) is 0.761. The zero-order valence-corrected chi connectivity index (χ0v) is 15.5. The molecular weight excluding hydrogens is 324 g/mol. The van der Waals surface area contributed by atoms with Gasteiger partial charge in [-0.1, -0.05) is 60.7 Å². The molecule has 0 unspecified atom stereocenters. The van der Waals surface area contributed by atoms with Crippen LogP contribution in [0.4, 0.5) is 0 Å². The van der Waals surface area contributed by atoms with E-state index < -0.39 is 6.10 Å². The molecule has 138 valence electrons. The molecule has 3 rings (SSSR count). The van der Waals surface area contributed by atoms with Crippen molar-refractivity contribution in [1.82, 2.24) is 10.2 Å². The number of nitrogens with one attached hydrogen (secondary N) is 1. The first-order valence-electron chi connectivity index (χ1n) is 9.40. The first-order chi connectivity index (χ1) is 12.6. The van der Waals surface area contributed by atoms with E-state index in [4.69, 9.17) is 0 Å². The predicted octanol–water partition coefficient (Wildman–Crippen LogP) is 3.45. The van der Waals surface area contributed by atoms with Crippen molar-refractivity contribution in [3.05, 3.63) is 71.8 Å². The summed E-state index contributed by atoms with van der Waals surface area (Å²) in [5, 5.41) is 13.3. The number of hydrogen-bond acceptors (Lipinski definition) is 3. The minimum Gasteiger partial charge on any atom is -0.393 e. The molecule has 1 aliphatic rings. The fraction of sp³-hybridized carbons (Fsp3) is 0.409. The van der Waals surface area contributed by atoms with Gasteiger partial charge in [0.05, 0.1) is 18.2 Å². The number of benzene rings is 2. The van der Waals surface area contributed by atoms with Crippen molar-refractivity contribution in [3.8, 4) is 0 Å². The van der Waals surface area contributed by atoms with Gasteiger partial charge in [0, 0.05) is 12.6 Å². The maximum Gasteiger partial charge on any atom is 0.237 e. The first-order valence-corrected chi connectivity index (χ1v) is 9.40. The summed E-state index contributed by atoms with van der Waals surface area (Å²) >= 11 is 0. The predicted molar refractivity (Wildman–Crippen MR) is 104 cm³/mol. The van der Waals surface area contributed by atoms with Crippen LogP contribution in [0.5, 0.6) is 0 Å². The van der Waals surface area contributed by atoms with Crippen LogP contribution in [0.3, 0.4) is 0 Å². The van der Waals surface area contributed by atoms with Gasteiger partial charge in [0.25, 0.3) is 0 Å². The van der Waals surface area contributed by atoms with Crippen molar-refractivity contribution >= 4 is 5.91 Å². The average molecular weight is 352 g/mol. The SMILES string of the molecule is C[C@H](c1ccccc1)N1CC[C@@H](O)C[C@@H]1C(=O)N[C@H](C)c1ccccc1. The summed E-state index contributed by atoms with van der Waals surface area (Å²) in [6.45, 7) is 4.85. The second-order valence-electron chi connectivity index (χ2n) is 7.16. The number of piperidine rings is 1. The molecule has 0 aliphatic carbocycles. The van der Waals surface area contributed by atoms with E-state index in [1.165, 1.54) is 5.56 Å². The third kappa shape index (κ3) is 4.32. The van der Waals surface area contributed by atoms with E-state index in [9.17, 15) is 9.90 Å². The van der Waals surface area contributed by atoms with Crippen LogP contribution >= 0.6 is 0 Å². The highest BCUT2D eigenvalue weighted by molar-refractivity contribution is 5.82. The van der Waals surface area contributed by atoms with Crippen molar-refractivity contribution < 1.29 is 9.90 Å². The molecule has 2 aromatic rings. The van der Waals surface area contributed by atoms with E-state index in [1.54, 1.807) is 0 Å². The number of aliphatic hydroxyl groups is 1. The largest absolute Gasteiger partial charge is 0.393 e. The molecule has 1 aliphatic heterocycles. The molecule has 0 radical (unpaired) electrons. The molecule has 0 bridgehead atoms. The smallest absolute Gasteiger partial charge is 0.237 e. The topological polar surface area (TPSA) is 52.6 Å². The van der Waals surface area contributed by atoms with Gasteiger partial charge in [0.2, 0.25) is 5.91 Å². The van der Waals surface area contributed by atoms with Crippen LogP contribution in [0.15, 0.2) is 60.7 Å². The van der Waals surface area contributed by atoms with Gasteiger partial charge in [0.1, 0.15) is 0 Å². The van der Waals surface area contributed by atoms with Crippen LogP contribution in [-0.2, 0) is 4.79 Å². The minimum atomic E-state index is -0.419. The fourth-order valence-electron chi connectivity index (χ4n) is 3.74. The van der Waals surface area contributed by atoms with E-state index in [0.717, 1.165) is 12.1 Å². The molecule has 2 N–H and O–H groups in total. The number of amides is 1. The number of carbonyl (C=O) groups is 1. The lowest BCUT2D eigenvalue weighted by Crippen LogP contribution is -2.53. The lowest BCUT2D eigenvalue weighted by molar-refractivity contribution is -0.131. The first kappa shape index (κ1) is 18.6. The summed E-state index contributed by atoms with van der Waals surface area (Å²) in [5.41, 5.74) is 2.28. The van der Waals surface area contributed by atoms with Crippen LogP contribution < -0.4 is 5.32 Å². The number of likely N-dealkylation sites (tertiary alicyclic amines) is 1. The Balaban J connectivity index is 1.74. The van der Waals surface area contributed by atoms with Crippen molar-refractivity contribution in [1.29, 1.82) is 0 Å². The van der Waals surface area contributed by atoms with Crippen molar-refractivity contribution in [2.45, 2.75) is 50.9 Å². The zero-order chi connectivity index (χ0) is 18.5. The van der Waals surface area contributed by atoms with Crippen molar-refractivity contribution in [2.24, 2.45) is 0 Å². The molecule has 4 atom stereocenters. The number of hydrogen-bond donors (Lipinski definition) is 2. The van der Waals surface area contributed by atoms with Gasteiger partial charge in [-0.3, -0.25) is 9.69 Å². The third-order valence-electron chi connectivity index (χ3n) is 5.36. The zero-order valence-electron chi connectivity index (χ0n) is 15.5. The lowest BCUT2D eigenvalue weighted by atomic mass is 9.94. The number of rotatable bonds is 5. The molecule has 4 nitrogen and oxygen atoms in total. The van der Waals surface area contributed by atoms with E-state index >= 15 is 0 Å². The minimum absolute atomic E-state index is 0.0112. The molecule has 1 heterocycles. The Kier molecular flexibility index (Phi) is 6.07. The average Bonchev–Trinajstić information content (AvgIpc) is 2.68. The van der Waals surface area contributed by atoms with Gasteiger partial charge < -0.3 is 10.4 Å². The Morgan fingerprint density at radius 3 is 2.23 bits per heavy atom. The number of aliphatic hydroxyl groups excluding tert-OH is 1. The normalized spacial score (nSPS) is 23.2. The Bertz CT molecular complexity index is 705. The lowest BCUT2D eigenvalue weighted by Gasteiger charge is -2.41. The van der Waals surface area contributed by atoms with Crippen LogP contribution in [0.1, 0.15) is 49.9 Å². The molecule has 0 saturated carbocycles. The molecule has 0 spiro atoms. The van der Waals surface area contributed by atoms with Crippen LogP contribution in [0.2, 0.25) is 0 Å². The van der Waals surface area contributed by atoms with Gasteiger partial charge in [0.15, 0.2) is 0 Å². The highest BCUT2D eigenvalue weighted by atomic mass is 16.3. The Morgan fingerprint density at radius 1 is 1.04 bits per heavy atom. The van der Waals surface area contributed by atoms with Crippen LogP contribution in [-0.4, -0.2) is 34.6 Å². The maximum atomic E-state index is 13.0. The molecule has 0 aromatic heterocycles. The second kappa shape index (κ2) is 8.47. The van der Waals surface area contributed by atoms with Gasteiger partial charge >= 0.3 is 0 Å². The van der Waals surface area contributed by atoms with E-state index in [1.807, 2.05) is 55.5 Å². The van der Waals surface area contributed by atoms with Crippen molar-refractivity contribution in [3.63, 3.8) is 0 Å². The molecule has 2 aromatic carbocycles. The molecule has 1 saturated heterocycles. The highest BCUT2D eigenvalue weighted by Gasteiger charge is 2.36. The monoisotopic (exact) mass is 352 g/mol. The number of nitrogens with zero attached hydrogens (tertiary/aromatic N) is 1. The quantitative estimate of drug-likeness (QED) is 0.867. The Morgan fingerprint density at radius 2 is 1.62 bits per heavy atom. The van der Waals surface area contributed by atoms with E-state index in [0.29, 0.717) is 12.8 Å². The van der Waals surface area contributed by atoms with Gasteiger partial charge in [-0.05, 0) is 37.8 Å². The van der Waals surface area contributed by atoms with Gasteiger partial charge in [-0.25, -0.2) is 0 Å². The summed E-state index contributed by atoms with van der Waals surface area (Å²) in [4.78, 5) is 15.2. The van der Waals surface area contributed by atoms with Gasteiger partial charge in [-0.2, -0.15) is 0 Å². The fourth-order valence-corrected chi connectivity index (χ4v) is 3.74. The van der Waals surface area contributed by atoms with Crippen molar-refractivity contribution in [2.75, 3.05) is 6.54 Å². The van der Waals surface area contributed by atoms with Crippen LogP contribution in [0, 0.1) is 0 Å². The summed E-state index contributed by atoms with van der Waals surface area (Å²) in [6, 6.07) is 20.0. The maximum absolute atomic E-state index is 13.0. The Hall–Kier alpha value is -2.17. The van der Waals surface area contributed by atoms with Gasteiger partial charge in [-0.15, -0.1) is 0 Å². The highest BCUT2D eigenvalue weighted by Crippen LogP contribution is 2.29. The summed E-state index contributed by atoms with van der Waals surface area (Å²) in [7, 11) is 0. The molecule has 26 heavy (non-hydrogen) atoms. The molecule has 1 fully saturated rings. The van der Waals surface area contributed by atoms with E-state index in [-0.39, 0.29) is 24.0 Å². The standard InChI is InChI=1S/C22H28N2O2/c1-16(18-9-5-3-6-10-18)23-22(26)21-15-20(25)13-14-24(21)17(2)19-11-7-4-8-12-19/h3-12,16-17,20-21,25H,13-15H2,1-2H3,(H,23,26)/t16-,17-,20-,21-/m1/s1. The second-order valence-corrected chi connectivity index (χ2v) is 7.16. The number of carbonyl (C=O) groups excluding carboxylic acids is 1. The molecule has 4 heteroatoms. The summed E-state index contributed by atoms with van der Waals surface area (Å²) < 4.78 is 0. The third-order valence-corrected chi connectivity index (χ3v) is 5.36.